The van der Waals surface area contributed by atoms with Crippen molar-refractivity contribution in [2.45, 2.75) is 6.42 Å². The lowest BCUT2D eigenvalue weighted by atomic mass is 10.0. The van der Waals surface area contributed by atoms with E-state index in [0.717, 1.165) is 19.6 Å². The predicted molar refractivity (Wildman–Crippen MR) is 45.5 cm³/mol. The zero-order valence-electron chi connectivity index (χ0n) is 6.90. The first-order chi connectivity index (χ1) is 5.95. The highest BCUT2D eigenvalue weighted by atomic mass is 17.2. The average Bonchev–Trinajstić information content (AvgIpc) is 2.59. The van der Waals surface area contributed by atoms with E-state index in [2.05, 4.69) is 24.3 Å². The molecular formula is C10H12O2. The Morgan fingerprint density at radius 3 is 2.42 bits per heavy atom. The van der Waals surface area contributed by atoms with E-state index in [1.54, 1.807) is 0 Å². The highest BCUT2D eigenvalue weighted by Gasteiger charge is 2.16. The van der Waals surface area contributed by atoms with Crippen LogP contribution in [0.15, 0.2) is 30.3 Å². The van der Waals surface area contributed by atoms with Crippen LogP contribution in [0, 0.1) is 5.92 Å². The van der Waals surface area contributed by atoms with Gasteiger partial charge in [-0.05, 0) is 12.0 Å². The van der Waals surface area contributed by atoms with Gasteiger partial charge in [0, 0.05) is 5.92 Å². The lowest BCUT2D eigenvalue weighted by Gasteiger charge is -2.03. The van der Waals surface area contributed by atoms with Crippen LogP contribution in [0.4, 0.5) is 0 Å². The van der Waals surface area contributed by atoms with Gasteiger partial charge in [-0.25, -0.2) is 9.78 Å². The molecule has 1 aromatic carbocycles. The Morgan fingerprint density at radius 1 is 1.08 bits per heavy atom. The Kier molecular flexibility index (Phi) is 2.39. The molecule has 0 aliphatic carbocycles. The first kappa shape index (κ1) is 7.77. The van der Waals surface area contributed by atoms with Crippen LogP contribution in [0.3, 0.4) is 0 Å². The summed E-state index contributed by atoms with van der Waals surface area (Å²) >= 11 is 0. The second-order valence-electron chi connectivity index (χ2n) is 3.12. The van der Waals surface area contributed by atoms with Crippen LogP contribution in [0.25, 0.3) is 0 Å². The monoisotopic (exact) mass is 164 g/mol. The number of benzene rings is 1. The summed E-state index contributed by atoms with van der Waals surface area (Å²) in [6, 6.07) is 10.4. The second kappa shape index (κ2) is 3.70. The van der Waals surface area contributed by atoms with E-state index in [4.69, 9.17) is 9.78 Å². The van der Waals surface area contributed by atoms with Crippen LogP contribution in [0.2, 0.25) is 0 Å². The Labute approximate surface area is 72.0 Å². The fourth-order valence-corrected chi connectivity index (χ4v) is 1.40. The molecule has 0 saturated carbocycles. The maximum absolute atomic E-state index is 4.83. The van der Waals surface area contributed by atoms with Crippen molar-refractivity contribution >= 4 is 0 Å². The normalized spacial score (nSPS) is 18.3. The van der Waals surface area contributed by atoms with Gasteiger partial charge in [-0.1, -0.05) is 30.3 Å². The molecule has 0 spiro atoms. The molecular weight excluding hydrogens is 152 g/mol. The molecule has 2 rings (SSSR count). The van der Waals surface area contributed by atoms with E-state index < -0.39 is 0 Å². The van der Waals surface area contributed by atoms with E-state index in [-0.39, 0.29) is 0 Å². The maximum Gasteiger partial charge on any atom is 0.0876 e. The number of hydrogen-bond acceptors (Lipinski definition) is 2. The second-order valence-corrected chi connectivity index (χ2v) is 3.12. The Hall–Kier alpha value is -0.860. The van der Waals surface area contributed by atoms with Gasteiger partial charge in [-0.15, -0.1) is 0 Å². The quantitative estimate of drug-likeness (QED) is 0.620. The van der Waals surface area contributed by atoms with Crippen molar-refractivity contribution in [2.24, 2.45) is 5.92 Å². The zero-order valence-corrected chi connectivity index (χ0v) is 6.90. The zero-order chi connectivity index (χ0) is 8.23. The van der Waals surface area contributed by atoms with Gasteiger partial charge in [0.05, 0.1) is 13.2 Å². The van der Waals surface area contributed by atoms with Gasteiger partial charge in [0.2, 0.25) is 0 Å². The van der Waals surface area contributed by atoms with Gasteiger partial charge in [0.15, 0.2) is 0 Å². The Balaban J connectivity index is 1.94. The smallest absolute Gasteiger partial charge is 0.0876 e. The average molecular weight is 164 g/mol. The topological polar surface area (TPSA) is 18.5 Å². The SMILES string of the molecule is c1ccc(CC2COOC2)cc1. The molecule has 0 aromatic heterocycles. The lowest BCUT2D eigenvalue weighted by molar-refractivity contribution is -0.248. The molecule has 2 heteroatoms. The third kappa shape index (κ3) is 1.84. The summed E-state index contributed by atoms with van der Waals surface area (Å²) in [4.78, 5) is 9.66. The van der Waals surface area contributed by atoms with Gasteiger partial charge < -0.3 is 0 Å². The Morgan fingerprint density at radius 2 is 1.75 bits per heavy atom. The van der Waals surface area contributed by atoms with E-state index in [9.17, 15) is 0 Å². The minimum absolute atomic E-state index is 0.535. The molecule has 1 aromatic rings. The minimum atomic E-state index is 0.535. The molecule has 1 saturated heterocycles. The molecule has 0 amide bonds. The molecule has 12 heavy (non-hydrogen) atoms. The van der Waals surface area contributed by atoms with E-state index in [0.29, 0.717) is 5.92 Å². The summed E-state index contributed by atoms with van der Waals surface area (Å²) in [7, 11) is 0. The summed E-state index contributed by atoms with van der Waals surface area (Å²) in [6.45, 7) is 1.46. The Bertz CT molecular complexity index is 227. The molecule has 1 fully saturated rings. The van der Waals surface area contributed by atoms with Gasteiger partial charge in [-0.3, -0.25) is 0 Å². The van der Waals surface area contributed by atoms with Gasteiger partial charge in [-0.2, -0.15) is 0 Å². The van der Waals surface area contributed by atoms with Crippen LogP contribution in [0.5, 0.6) is 0 Å². The van der Waals surface area contributed by atoms with Crippen LogP contribution in [-0.2, 0) is 16.2 Å². The van der Waals surface area contributed by atoms with Crippen molar-refractivity contribution in [1.82, 2.24) is 0 Å². The fourth-order valence-electron chi connectivity index (χ4n) is 1.40. The van der Waals surface area contributed by atoms with Crippen molar-refractivity contribution < 1.29 is 9.78 Å². The molecule has 0 unspecified atom stereocenters. The van der Waals surface area contributed by atoms with Gasteiger partial charge in [0.25, 0.3) is 0 Å². The molecule has 2 nitrogen and oxygen atoms in total. The molecule has 0 N–H and O–H groups in total. The first-order valence-corrected chi connectivity index (χ1v) is 4.23. The van der Waals surface area contributed by atoms with Crippen LogP contribution in [-0.4, -0.2) is 13.2 Å². The van der Waals surface area contributed by atoms with Crippen molar-refractivity contribution in [3.8, 4) is 0 Å². The minimum Gasteiger partial charge on any atom is -0.236 e. The molecule has 0 radical (unpaired) electrons. The molecule has 64 valence electrons. The third-order valence-corrected chi connectivity index (χ3v) is 2.06. The van der Waals surface area contributed by atoms with Crippen LogP contribution < -0.4 is 0 Å². The summed E-state index contributed by atoms with van der Waals surface area (Å²) in [6.07, 6.45) is 1.06. The molecule has 1 heterocycles. The summed E-state index contributed by atoms with van der Waals surface area (Å²) < 4.78 is 0. The molecule has 0 bridgehead atoms. The number of hydrogen-bond donors (Lipinski definition) is 0. The van der Waals surface area contributed by atoms with Crippen molar-refractivity contribution in [1.29, 1.82) is 0 Å². The van der Waals surface area contributed by atoms with E-state index in [1.807, 2.05) is 6.07 Å². The first-order valence-electron chi connectivity index (χ1n) is 4.23. The van der Waals surface area contributed by atoms with Crippen molar-refractivity contribution in [3.63, 3.8) is 0 Å². The number of rotatable bonds is 2. The van der Waals surface area contributed by atoms with Crippen LogP contribution >= 0.6 is 0 Å². The molecule has 0 atom stereocenters. The molecule has 1 aliphatic heterocycles. The van der Waals surface area contributed by atoms with Crippen molar-refractivity contribution in [3.05, 3.63) is 35.9 Å². The van der Waals surface area contributed by atoms with Crippen molar-refractivity contribution in [2.75, 3.05) is 13.2 Å². The summed E-state index contributed by atoms with van der Waals surface area (Å²) in [5, 5.41) is 0. The maximum atomic E-state index is 4.83. The fraction of sp³-hybridized carbons (Fsp3) is 0.400. The summed E-state index contributed by atoms with van der Waals surface area (Å²) in [5.74, 6) is 0.535. The standard InChI is InChI=1S/C10H12O2/c1-2-4-9(5-3-1)6-10-7-11-12-8-10/h1-5,10H,6-8H2. The highest BCUT2D eigenvalue weighted by Crippen LogP contribution is 2.14. The highest BCUT2D eigenvalue weighted by molar-refractivity contribution is 5.15. The van der Waals surface area contributed by atoms with Gasteiger partial charge in [0.1, 0.15) is 0 Å². The van der Waals surface area contributed by atoms with Gasteiger partial charge >= 0.3 is 0 Å². The molecule has 1 aliphatic rings. The lowest BCUT2D eigenvalue weighted by Crippen LogP contribution is -2.06. The largest absolute Gasteiger partial charge is 0.236 e. The summed E-state index contributed by atoms with van der Waals surface area (Å²) in [5.41, 5.74) is 1.36. The van der Waals surface area contributed by atoms with E-state index in [1.165, 1.54) is 5.56 Å². The van der Waals surface area contributed by atoms with Crippen LogP contribution in [0.1, 0.15) is 5.56 Å². The third-order valence-electron chi connectivity index (χ3n) is 2.06. The predicted octanol–water partition coefficient (Wildman–Crippen LogP) is 1.81. The van der Waals surface area contributed by atoms with E-state index >= 15 is 0 Å².